The van der Waals surface area contributed by atoms with Gasteiger partial charge >= 0.3 is 0 Å². The van der Waals surface area contributed by atoms with Crippen LogP contribution in [0.15, 0.2) is 17.5 Å². The van der Waals surface area contributed by atoms with Gasteiger partial charge in [0.1, 0.15) is 0 Å². The average Bonchev–Trinajstić information content (AvgIpc) is 2.85. The summed E-state index contributed by atoms with van der Waals surface area (Å²) in [6, 6.07) is 4.33. The molecular weight excluding hydrogens is 280 g/mol. The Morgan fingerprint density at radius 3 is 2.58 bits per heavy atom. The molecule has 0 amide bonds. The number of thiophene rings is 1. The molecule has 0 saturated heterocycles. The number of hydrogen-bond donors (Lipinski definition) is 1. The van der Waals surface area contributed by atoms with Crippen LogP contribution in [0, 0.1) is 0 Å². The van der Waals surface area contributed by atoms with E-state index >= 15 is 0 Å². The van der Waals surface area contributed by atoms with E-state index in [0.29, 0.717) is 19.1 Å². The van der Waals surface area contributed by atoms with Crippen LogP contribution in [0.4, 0.5) is 0 Å². The van der Waals surface area contributed by atoms with Gasteiger partial charge in [-0.15, -0.1) is 11.3 Å². The topological polar surface area (TPSA) is 49.4 Å². The number of nitrogens with zero attached hydrogens (tertiary/aromatic N) is 1. The Labute approximate surface area is 120 Å². The van der Waals surface area contributed by atoms with E-state index in [2.05, 4.69) is 5.32 Å². The summed E-state index contributed by atoms with van der Waals surface area (Å²) in [5, 5.41) is 4.79. The lowest BCUT2D eigenvalue weighted by molar-refractivity contribution is 0.457. The van der Waals surface area contributed by atoms with E-state index in [-0.39, 0.29) is 0 Å². The molecule has 6 heteroatoms. The molecule has 1 unspecified atom stereocenters. The fourth-order valence-electron chi connectivity index (χ4n) is 1.66. The molecule has 110 valence electrons. The third kappa shape index (κ3) is 5.22. The summed E-state index contributed by atoms with van der Waals surface area (Å²) in [5.41, 5.74) is 0. The lowest BCUT2D eigenvalue weighted by atomic mass is 10.3. The van der Waals surface area contributed by atoms with Crippen molar-refractivity contribution < 1.29 is 8.42 Å². The minimum absolute atomic E-state index is 0.300. The van der Waals surface area contributed by atoms with E-state index < -0.39 is 15.3 Å². The zero-order valence-corrected chi connectivity index (χ0v) is 13.7. The molecular formula is C13H24N2O2S2. The first-order valence-electron chi connectivity index (χ1n) is 6.55. The van der Waals surface area contributed by atoms with Crippen LogP contribution < -0.4 is 5.32 Å². The molecule has 0 aliphatic rings. The Balaban J connectivity index is 2.50. The molecule has 1 aromatic rings. The van der Waals surface area contributed by atoms with Crippen molar-refractivity contribution in [1.82, 2.24) is 9.62 Å². The van der Waals surface area contributed by atoms with Crippen LogP contribution in [0.5, 0.6) is 0 Å². The number of nitrogens with one attached hydrogen (secondary N) is 1. The Hall–Kier alpha value is -0.430. The quantitative estimate of drug-likeness (QED) is 0.798. The van der Waals surface area contributed by atoms with Crippen molar-refractivity contribution in [3.63, 3.8) is 0 Å². The average molecular weight is 304 g/mol. The van der Waals surface area contributed by atoms with Gasteiger partial charge in [-0.3, -0.25) is 0 Å². The van der Waals surface area contributed by atoms with Crippen molar-refractivity contribution in [3.8, 4) is 0 Å². The third-order valence-electron chi connectivity index (χ3n) is 3.01. The van der Waals surface area contributed by atoms with Gasteiger partial charge in [-0.2, -0.15) is 0 Å². The zero-order valence-electron chi connectivity index (χ0n) is 12.1. The first-order valence-corrected chi connectivity index (χ1v) is 8.93. The Kier molecular flexibility index (Phi) is 6.46. The van der Waals surface area contributed by atoms with Crippen LogP contribution in [0.1, 0.15) is 25.6 Å². The maximum atomic E-state index is 12.3. The van der Waals surface area contributed by atoms with E-state index in [4.69, 9.17) is 0 Å². The number of hydrogen-bond acceptors (Lipinski definition) is 4. The van der Waals surface area contributed by atoms with Crippen molar-refractivity contribution in [2.75, 3.05) is 20.1 Å². The Morgan fingerprint density at radius 1 is 1.37 bits per heavy atom. The van der Waals surface area contributed by atoms with E-state index in [1.807, 2.05) is 31.4 Å². The fraction of sp³-hybridized carbons (Fsp3) is 0.692. The lowest BCUT2D eigenvalue weighted by Crippen LogP contribution is -2.42. The second kappa shape index (κ2) is 7.38. The van der Waals surface area contributed by atoms with Gasteiger partial charge in [-0.25, -0.2) is 12.7 Å². The highest BCUT2D eigenvalue weighted by Crippen LogP contribution is 2.12. The van der Waals surface area contributed by atoms with E-state index in [1.165, 1.54) is 9.18 Å². The van der Waals surface area contributed by atoms with Crippen molar-refractivity contribution >= 4 is 21.4 Å². The molecule has 0 spiro atoms. The van der Waals surface area contributed by atoms with Gasteiger partial charge in [0.05, 0.1) is 5.25 Å². The van der Waals surface area contributed by atoms with Crippen molar-refractivity contribution in [3.05, 3.63) is 22.4 Å². The fourth-order valence-corrected chi connectivity index (χ4v) is 3.63. The van der Waals surface area contributed by atoms with Crippen LogP contribution in [0.25, 0.3) is 0 Å². The van der Waals surface area contributed by atoms with E-state index in [1.54, 1.807) is 25.3 Å². The summed E-state index contributed by atoms with van der Waals surface area (Å²) in [4.78, 5) is 1.22. The monoisotopic (exact) mass is 304 g/mol. The summed E-state index contributed by atoms with van der Waals surface area (Å²) < 4.78 is 26.1. The Morgan fingerprint density at radius 2 is 2.05 bits per heavy atom. The third-order valence-corrected chi connectivity index (χ3v) is 6.18. The first-order chi connectivity index (χ1) is 8.84. The second-order valence-corrected chi connectivity index (χ2v) is 8.56. The number of sulfonamides is 1. The van der Waals surface area contributed by atoms with Crippen molar-refractivity contribution in [2.24, 2.45) is 0 Å². The maximum absolute atomic E-state index is 12.3. The van der Waals surface area contributed by atoms with Crippen LogP contribution in [-0.4, -0.2) is 44.2 Å². The number of likely N-dealkylation sites (N-methyl/N-ethyl adjacent to an activating group) is 1. The van der Waals surface area contributed by atoms with Gasteiger partial charge in [0.2, 0.25) is 10.0 Å². The normalized spacial score (nSPS) is 14.2. The highest BCUT2D eigenvalue weighted by molar-refractivity contribution is 7.89. The maximum Gasteiger partial charge on any atom is 0.217 e. The summed E-state index contributed by atoms with van der Waals surface area (Å²) in [7, 11) is -1.55. The van der Waals surface area contributed by atoms with Gasteiger partial charge in [0.25, 0.3) is 0 Å². The molecule has 0 aliphatic heterocycles. The van der Waals surface area contributed by atoms with E-state index in [9.17, 15) is 8.42 Å². The van der Waals surface area contributed by atoms with Gasteiger partial charge in [0.15, 0.2) is 0 Å². The molecule has 1 aromatic heterocycles. The van der Waals surface area contributed by atoms with Crippen LogP contribution in [0.3, 0.4) is 0 Å². The van der Waals surface area contributed by atoms with Crippen LogP contribution >= 0.6 is 11.3 Å². The highest BCUT2D eigenvalue weighted by atomic mass is 32.2. The Bertz CT molecular complexity index is 455. The van der Waals surface area contributed by atoms with Gasteiger partial charge in [0, 0.05) is 31.1 Å². The summed E-state index contributed by atoms with van der Waals surface area (Å²) in [5.74, 6) is 0. The lowest BCUT2D eigenvalue weighted by Gasteiger charge is -2.22. The zero-order chi connectivity index (χ0) is 14.5. The molecule has 1 N–H and O–H groups in total. The summed E-state index contributed by atoms with van der Waals surface area (Å²) in [6.45, 7) is 6.81. The minimum atomic E-state index is -3.21. The predicted molar refractivity (Wildman–Crippen MR) is 82.2 cm³/mol. The molecule has 0 aromatic carbocycles. The number of rotatable bonds is 8. The van der Waals surface area contributed by atoms with Crippen LogP contribution in [-0.2, 0) is 16.4 Å². The first kappa shape index (κ1) is 16.6. The van der Waals surface area contributed by atoms with E-state index in [0.717, 1.165) is 6.42 Å². The van der Waals surface area contributed by atoms with Crippen molar-refractivity contribution in [2.45, 2.75) is 38.5 Å². The predicted octanol–water partition coefficient (Wildman–Crippen LogP) is 1.94. The molecule has 0 aliphatic carbocycles. The standard InChI is InChI=1S/C13H24N2O2S2/c1-11(2)14-10-12(3)19(16,17)15(4)8-7-13-6-5-9-18-13/h5-6,9,11-12,14H,7-8,10H2,1-4H3. The molecule has 0 bridgehead atoms. The molecule has 19 heavy (non-hydrogen) atoms. The summed E-state index contributed by atoms with van der Waals surface area (Å²) >= 11 is 1.66. The molecule has 0 fully saturated rings. The highest BCUT2D eigenvalue weighted by Gasteiger charge is 2.25. The molecule has 1 atom stereocenters. The summed E-state index contributed by atoms with van der Waals surface area (Å²) in [6.07, 6.45) is 0.776. The molecule has 4 nitrogen and oxygen atoms in total. The molecule has 1 rings (SSSR count). The SMILES string of the molecule is CC(C)NCC(C)S(=O)(=O)N(C)CCc1cccs1. The largest absolute Gasteiger partial charge is 0.313 e. The minimum Gasteiger partial charge on any atom is -0.313 e. The van der Waals surface area contributed by atoms with Crippen LogP contribution in [0.2, 0.25) is 0 Å². The molecule has 1 heterocycles. The van der Waals surface area contributed by atoms with Gasteiger partial charge < -0.3 is 5.32 Å². The van der Waals surface area contributed by atoms with Gasteiger partial charge in [-0.1, -0.05) is 19.9 Å². The van der Waals surface area contributed by atoms with Gasteiger partial charge in [-0.05, 0) is 24.8 Å². The molecule has 0 radical (unpaired) electrons. The smallest absolute Gasteiger partial charge is 0.217 e. The second-order valence-electron chi connectivity index (χ2n) is 5.07. The van der Waals surface area contributed by atoms with Crippen molar-refractivity contribution in [1.29, 1.82) is 0 Å². The molecule has 0 saturated carbocycles.